The monoisotopic (exact) mass is 228 g/mol. The standard InChI is InChI=1S/C10H10F2N2O2/c11-10(12)5-6-13(7-10)8-1-3-9(4-2-8)14(15)16/h1-4H,5-7H2. The van der Waals surface area contributed by atoms with E-state index in [0.29, 0.717) is 5.69 Å². The Labute approximate surface area is 90.6 Å². The molecular weight excluding hydrogens is 218 g/mol. The molecule has 4 nitrogen and oxygen atoms in total. The van der Waals surface area contributed by atoms with Crippen LogP contribution in [-0.4, -0.2) is 23.9 Å². The lowest BCUT2D eigenvalue weighted by Gasteiger charge is -2.17. The van der Waals surface area contributed by atoms with Gasteiger partial charge in [-0.3, -0.25) is 10.1 Å². The molecule has 2 rings (SSSR count). The van der Waals surface area contributed by atoms with Gasteiger partial charge < -0.3 is 4.90 Å². The van der Waals surface area contributed by atoms with E-state index in [1.54, 1.807) is 0 Å². The van der Waals surface area contributed by atoms with Crippen molar-refractivity contribution in [2.24, 2.45) is 0 Å². The normalized spacial score (nSPS) is 18.8. The Hall–Kier alpha value is -1.72. The number of alkyl halides is 2. The Morgan fingerprint density at radius 3 is 2.38 bits per heavy atom. The van der Waals surface area contributed by atoms with Crippen molar-refractivity contribution in [1.29, 1.82) is 0 Å². The average Bonchev–Trinajstić information content (AvgIpc) is 2.59. The lowest BCUT2D eigenvalue weighted by molar-refractivity contribution is -0.384. The predicted octanol–water partition coefficient (Wildman–Crippen LogP) is 2.44. The molecule has 0 aliphatic carbocycles. The fourth-order valence-electron chi connectivity index (χ4n) is 1.74. The van der Waals surface area contributed by atoms with Crippen LogP contribution in [0.4, 0.5) is 20.2 Å². The number of benzene rings is 1. The van der Waals surface area contributed by atoms with Crippen molar-refractivity contribution < 1.29 is 13.7 Å². The van der Waals surface area contributed by atoms with Gasteiger partial charge in [0.1, 0.15) is 0 Å². The Balaban J connectivity index is 2.14. The second-order valence-electron chi connectivity index (χ2n) is 3.80. The van der Waals surface area contributed by atoms with E-state index in [4.69, 9.17) is 0 Å². The molecule has 1 heterocycles. The molecule has 1 aromatic rings. The molecule has 16 heavy (non-hydrogen) atoms. The van der Waals surface area contributed by atoms with Crippen molar-refractivity contribution in [3.63, 3.8) is 0 Å². The highest BCUT2D eigenvalue weighted by molar-refractivity contribution is 5.51. The summed E-state index contributed by atoms with van der Waals surface area (Å²) >= 11 is 0. The molecule has 0 bridgehead atoms. The van der Waals surface area contributed by atoms with Crippen LogP contribution < -0.4 is 4.90 Å². The summed E-state index contributed by atoms with van der Waals surface area (Å²) in [5.41, 5.74) is 0.567. The Morgan fingerprint density at radius 1 is 1.31 bits per heavy atom. The van der Waals surface area contributed by atoms with Gasteiger partial charge in [0.2, 0.25) is 0 Å². The zero-order valence-corrected chi connectivity index (χ0v) is 8.40. The summed E-state index contributed by atoms with van der Waals surface area (Å²) in [7, 11) is 0. The number of halogens is 2. The fraction of sp³-hybridized carbons (Fsp3) is 0.400. The van der Waals surface area contributed by atoms with Crippen LogP contribution in [0, 0.1) is 10.1 Å². The molecule has 0 spiro atoms. The lowest BCUT2D eigenvalue weighted by atomic mass is 10.2. The first-order chi connectivity index (χ1) is 7.48. The molecule has 0 radical (unpaired) electrons. The quantitative estimate of drug-likeness (QED) is 0.577. The van der Waals surface area contributed by atoms with Crippen LogP contribution in [0.3, 0.4) is 0 Å². The fourth-order valence-corrected chi connectivity index (χ4v) is 1.74. The summed E-state index contributed by atoms with van der Waals surface area (Å²) in [5.74, 6) is -2.65. The number of rotatable bonds is 2. The smallest absolute Gasteiger partial charge is 0.269 e. The van der Waals surface area contributed by atoms with Crippen LogP contribution >= 0.6 is 0 Å². The van der Waals surface area contributed by atoms with Gasteiger partial charge in [0.05, 0.1) is 11.5 Å². The minimum Gasteiger partial charge on any atom is -0.365 e. The number of anilines is 1. The van der Waals surface area contributed by atoms with E-state index >= 15 is 0 Å². The highest BCUT2D eigenvalue weighted by Crippen LogP contribution is 2.31. The first-order valence-corrected chi connectivity index (χ1v) is 4.85. The maximum Gasteiger partial charge on any atom is 0.269 e. The van der Waals surface area contributed by atoms with E-state index in [2.05, 4.69) is 0 Å². The zero-order valence-electron chi connectivity index (χ0n) is 8.40. The Bertz CT molecular complexity index is 406. The molecule has 86 valence electrons. The third-order valence-corrected chi connectivity index (χ3v) is 2.60. The van der Waals surface area contributed by atoms with Crippen LogP contribution in [0.2, 0.25) is 0 Å². The van der Waals surface area contributed by atoms with Crippen LogP contribution in [0.15, 0.2) is 24.3 Å². The van der Waals surface area contributed by atoms with Gasteiger partial charge in [0.15, 0.2) is 0 Å². The number of hydrogen-bond acceptors (Lipinski definition) is 3. The zero-order chi connectivity index (χ0) is 11.8. The number of nitrogens with zero attached hydrogens (tertiary/aromatic N) is 2. The number of nitro groups is 1. The number of hydrogen-bond donors (Lipinski definition) is 0. The van der Waals surface area contributed by atoms with E-state index in [9.17, 15) is 18.9 Å². The molecule has 0 unspecified atom stereocenters. The second kappa shape index (κ2) is 3.70. The van der Waals surface area contributed by atoms with Crippen LogP contribution in [0.1, 0.15) is 6.42 Å². The van der Waals surface area contributed by atoms with E-state index in [1.807, 2.05) is 0 Å². The summed E-state index contributed by atoms with van der Waals surface area (Å²) in [6.45, 7) is -0.0321. The van der Waals surface area contributed by atoms with E-state index in [0.717, 1.165) is 0 Å². The predicted molar refractivity (Wildman–Crippen MR) is 54.9 cm³/mol. The van der Waals surface area contributed by atoms with Crippen LogP contribution in [0.25, 0.3) is 0 Å². The lowest BCUT2D eigenvalue weighted by Crippen LogP contribution is -2.24. The van der Waals surface area contributed by atoms with Gasteiger partial charge in [0, 0.05) is 30.8 Å². The van der Waals surface area contributed by atoms with Gasteiger partial charge in [0.25, 0.3) is 11.6 Å². The second-order valence-corrected chi connectivity index (χ2v) is 3.80. The summed E-state index contributed by atoms with van der Waals surface area (Å²) < 4.78 is 25.9. The average molecular weight is 228 g/mol. The molecular formula is C10H10F2N2O2. The topological polar surface area (TPSA) is 46.4 Å². The van der Waals surface area contributed by atoms with Gasteiger partial charge in [-0.2, -0.15) is 0 Å². The molecule has 1 fully saturated rings. The van der Waals surface area contributed by atoms with Crippen molar-refractivity contribution >= 4 is 11.4 Å². The van der Waals surface area contributed by atoms with Gasteiger partial charge in [-0.25, -0.2) is 8.78 Å². The molecule has 1 aromatic carbocycles. The minimum atomic E-state index is -2.65. The van der Waals surface area contributed by atoms with E-state index in [1.165, 1.54) is 29.2 Å². The number of nitro benzene ring substituents is 1. The molecule has 0 amide bonds. The van der Waals surface area contributed by atoms with Gasteiger partial charge in [-0.1, -0.05) is 0 Å². The van der Waals surface area contributed by atoms with Crippen molar-refractivity contribution in [1.82, 2.24) is 0 Å². The molecule has 0 saturated carbocycles. The van der Waals surface area contributed by atoms with Crippen molar-refractivity contribution in [3.05, 3.63) is 34.4 Å². The highest BCUT2D eigenvalue weighted by Gasteiger charge is 2.38. The molecule has 6 heteroatoms. The molecule has 1 saturated heterocycles. The molecule has 0 N–H and O–H groups in total. The van der Waals surface area contributed by atoms with Gasteiger partial charge in [-0.05, 0) is 12.1 Å². The molecule has 1 aliphatic rings. The highest BCUT2D eigenvalue weighted by atomic mass is 19.3. The largest absolute Gasteiger partial charge is 0.365 e. The third kappa shape index (κ3) is 2.10. The van der Waals surface area contributed by atoms with Crippen LogP contribution in [0.5, 0.6) is 0 Å². The van der Waals surface area contributed by atoms with Crippen LogP contribution in [-0.2, 0) is 0 Å². The SMILES string of the molecule is O=[N+]([O-])c1ccc(N2CCC(F)(F)C2)cc1. The minimum absolute atomic E-state index is 0.0327. The summed E-state index contributed by atoms with van der Waals surface area (Å²) in [6, 6.07) is 5.65. The Morgan fingerprint density at radius 2 is 1.94 bits per heavy atom. The molecule has 1 aliphatic heterocycles. The first-order valence-electron chi connectivity index (χ1n) is 4.85. The maximum atomic E-state index is 12.9. The maximum absolute atomic E-state index is 12.9. The molecule has 0 atom stereocenters. The van der Waals surface area contributed by atoms with E-state index < -0.39 is 10.8 Å². The van der Waals surface area contributed by atoms with Gasteiger partial charge in [-0.15, -0.1) is 0 Å². The Kier molecular flexibility index (Phi) is 2.49. The first kappa shape index (κ1) is 10.8. The van der Waals surface area contributed by atoms with E-state index in [-0.39, 0.29) is 25.2 Å². The summed E-state index contributed by atoms with van der Waals surface area (Å²) in [5, 5.41) is 10.4. The van der Waals surface area contributed by atoms with Gasteiger partial charge >= 0.3 is 0 Å². The van der Waals surface area contributed by atoms with Crippen molar-refractivity contribution in [3.8, 4) is 0 Å². The third-order valence-electron chi connectivity index (χ3n) is 2.60. The van der Waals surface area contributed by atoms with Crippen molar-refractivity contribution in [2.75, 3.05) is 18.0 Å². The number of non-ortho nitro benzene ring substituents is 1. The summed E-state index contributed by atoms with van der Waals surface area (Å²) in [6.07, 6.45) is -0.163. The van der Waals surface area contributed by atoms with Crippen molar-refractivity contribution in [2.45, 2.75) is 12.3 Å². The molecule has 0 aromatic heterocycles. The summed E-state index contributed by atoms with van der Waals surface area (Å²) in [4.78, 5) is 11.4.